The largest absolute Gasteiger partial charge is 0.147 e. The van der Waals surface area contributed by atoms with Gasteiger partial charge >= 0.3 is 130 Å². The summed E-state index contributed by atoms with van der Waals surface area (Å²) in [6, 6.07) is 0. The van der Waals surface area contributed by atoms with Crippen molar-refractivity contribution >= 4 is 24.8 Å². The Morgan fingerprint density at radius 1 is 0.571 bits per heavy atom. The molecule has 0 N–H and O–H groups in total. The molecule has 118 valence electrons. The predicted octanol–water partition coefficient (Wildman–Crippen LogP) is 6.43. The average molecular weight is 494 g/mol. The van der Waals surface area contributed by atoms with E-state index in [1.807, 2.05) is 6.66 Å². The minimum Gasteiger partial charge on any atom is -0.147 e. The summed E-state index contributed by atoms with van der Waals surface area (Å²) in [6.45, 7) is 18.8. The van der Waals surface area contributed by atoms with Crippen LogP contribution in [-0.2, 0) is 22.9 Å². The van der Waals surface area contributed by atoms with Crippen molar-refractivity contribution in [2.75, 3.05) is 0 Å². The third-order valence-electron chi connectivity index (χ3n) is 5.55. The van der Waals surface area contributed by atoms with Gasteiger partial charge in [-0.2, -0.15) is 0 Å². The molecule has 2 unspecified atom stereocenters. The SMILES string of the molecule is CC1=C(C)C(C)[C]([Hf][C]2=C(C)C(C)=C(C)C2C)=C1C.Cl.Cl. The molecular formula is C18H28Cl2Hf. The fraction of sp³-hybridized carbons (Fsp3) is 0.556. The zero-order valence-electron chi connectivity index (χ0n) is 14.5. The van der Waals surface area contributed by atoms with Gasteiger partial charge in [-0.15, -0.1) is 24.8 Å². The summed E-state index contributed by atoms with van der Waals surface area (Å²) in [5.41, 5.74) is 9.63. The molecule has 2 aliphatic carbocycles. The summed E-state index contributed by atoms with van der Waals surface area (Å²) in [5.74, 6) is 1.44. The van der Waals surface area contributed by atoms with Gasteiger partial charge in [0.25, 0.3) is 0 Å². The van der Waals surface area contributed by atoms with Crippen LogP contribution in [0.25, 0.3) is 0 Å². The van der Waals surface area contributed by atoms with E-state index in [9.17, 15) is 0 Å². The fourth-order valence-electron chi connectivity index (χ4n) is 3.28. The van der Waals surface area contributed by atoms with Crippen molar-refractivity contribution in [3.63, 3.8) is 0 Å². The minimum atomic E-state index is -0.856. The van der Waals surface area contributed by atoms with Crippen molar-refractivity contribution < 1.29 is 22.9 Å². The molecule has 0 nitrogen and oxygen atoms in total. The van der Waals surface area contributed by atoms with Crippen LogP contribution in [-0.4, -0.2) is 0 Å². The Morgan fingerprint density at radius 3 is 1.05 bits per heavy atom. The molecule has 0 spiro atoms. The quantitative estimate of drug-likeness (QED) is 0.389. The van der Waals surface area contributed by atoms with Gasteiger partial charge in [0.1, 0.15) is 0 Å². The maximum Gasteiger partial charge on any atom is -0.147 e. The first-order valence-corrected chi connectivity index (χ1v) is 10.9. The van der Waals surface area contributed by atoms with E-state index in [-0.39, 0.29) is 24.8 Å². The molecule has 0 aromatic carbocycles. The molecule has 21 heavy (non-hydrogen) atoms. The number of halogens is 2. The Morgan fingerprint density at radius 2 is 0.857 bits per heavy atom. The molecule has 0 heterocycles. The first kappa shape index (κ1) is 21.4. The van der Waals surface area contributed by atoms with E-state index in [0.29, 0.717) is 0 Å². The van der Waals surface area contributed by atoms with Crippen molar-refractivity contribution in [2.24, 2.45) is 11.8 Å². The first-order valence-electron chi connectivity index (χ1n) is 7.31. The van der Waals surface area contributed by atoms with E-state index in [1.165, 1.54) is 0 Å². The Balaban J connectivity index is 0.00000200. The van der Waals surface area contributed by atoms with Crippen LogP contribution in [0.3, 0.4) is 0 Å². The summed E-state index contributed by atoms with van der Waals surface area (Å²) >= 11 is -0.856. The van der Waals surface area contributed by atoms with Crippen LogP contribution in [0.15, 0.2) is 40.1 Å². The molecule has 2 aliphatic rings. The number of hydrogen-bond acceptors (Lipinski definition) is 0. The molecule has 3 heteroatoms. The van der Waals surface area contributed by atoms with Gasteiger partial charge in [0.15, 0.2) is 0 Å². The van der Waals surface area contributed by atoms with Gasteiger partial charge in [-0.3, -0.25) is 0 Å². The average Bonchev–Trinajstić information content (AvgIpc) is 2.68. The fourth-order valence-corrected chi connectivity index (χ4v) is 10.1. The van der Waals surface area contributed by atoms with Crippen LogP contribution in [0.4, 0.5) is 0 Å². The van der Waals surface area contributed by atoms with Crippen molar-refractivity contribution in [1.29, 1.82) is 0 Å². The predicted molar refractivity (Wildman–Crippen MR) is 95.0 cm³/mol. The third-order valence-corrected chi connectivity index (χ3v) is 13.3. The van der Waals surface area contributed by atoms with E-state index in [1.54, 1.807) is 33.4 Å². The molecule has 0 radical (unpaired) electrons. The first-order chi connectivity index (χ1) is 8.77. The van der Waals surface area contributed by atoms with Gasteiger partial charge < -0.3 is 0 Å². The zero-order valence-corrected chi connectivity index (χ0v) is 19.7. The Kier molecular flexibility index (Phi) is 7.95. The Hall–Kier alpha value is 0.410. The van der Waals surface area contributed by atoms with Crippen molar-refractivity contribution in [1.82, 2.24) is 0 Å². The standard InChI is InChI=1S/2C9H13.2ClH.Hf/c2*1-6-5-7(2)9(4)8(6)3;;;/h2*6H,1-4H3;2*1H;. The third kappa shape index (κ3) is 3.51. The molecule has 2 atom stereocenters. The summed E-state index contributed by atoms with van der Waals surface area (Å²) in [7, 11) is 0. The molecule has 0 saturated heterocycles. The Labute approximate surface area is 154 Å². The maximum absolute atomic E-state index is 2.42. The maximum atomic E-state index is 2.42. The molecule has 0 aromatic rings. The molecule has 0 aromatic heterocycles. The second kappa shape index (κ2) is 7.79. The Bertz CT molecular complexity index is 512. The van der Waals surface area contributed by atoms with Crippen LogP contribution in [0.2, 0.25) is 0 Å². The van der Waals surface area contributed by atoms with Crippen molar-refractivity contribution in [3.05, 3.63) is 40.1 Å². The number of allylic oxidation sites excluding steroid dienone is 8. The molecule has 0 amide bonds. The van der Waals surface area contributed by atoms with E-state index in [2.05, 4.69) is 55.4 Å². The normalized spacial score (nSPS) is 25.5. The van der Waals surface area contributed by atoms with E-state index in [0.717, 1.165) is 11.8 Å². The monoisotopic (exact) mass is 494 g/mol. The van der Waals surface area contributed by atoms with Crippen molar-refractivity contribution in [3.8, 4) is 0 Å². The molecule has 0 aliphatic heterocycles. The molecule has 0 fully saturated rings. The smallest absolute Gasteiger partial charge is 0.147 e. The van der Waals surface area contributed by atoms with Gasteiger partial charge in [-0.05, 0) is 0 Å². The molecule has 0 saturated carbocycles. The van der Waals surface area contributed by atoms with Crippen LogP contribution in [0.5, 0.6) is 0 Å². The van der Waals surface area contributed by atoms with Gasteiger partial charge in [0.05, 0.1) is 0 Å². The van der Waals surface area contributed by atoms with Gasteiger partial charge in [-0.1, -0.05) is 0 Å². The van der Waals surface area contributed by atoms with E-state index < -0.39 is 22.9 Å². The second-order valence-corrected chi connectivity index (χ2v) is 11.0. The van der Waals surface area contributed by atoms with Crippen LogP contribution >= 0.6 is 24.8 Å². The molecule has 0 bridgehead atoms. The summed E-state index contributed by atoms with van der Waals surface area (Å²) < 4.78 is 3.69. The second-order valence-electron chi connectivity index (χ2n) is 6.26. The number of hydrogen-bond donors (Lipinski definition) is 0. The summed E-state index contributed by atoms with van der Waals surface area (Å²) in [6.07, 6.45) is 0. The summed E-state index contributed by atoms with van der Waals surface area (Å²) in [4.78, 5) is 0. The van der Waals surface area contributed by atoms with Gasteiger partial charge in [0, 0.05) is 0 Å². The topological polar surface area (TPSA) is 0 Å². The molecule has 2 rings (SSSR count). The van der Waals surface area contributed by atoms with Crippen LogP contribution < -0.4 is 0 Å². The van der Waals surface area contributed by atoms with Crippen LogP contribution in [0, 0.1) is 11.8 Å². The minimum absolute atomic E-state index is 0. The van der Waals surface area contributed by atoms with Gasteiger partial charge in [-0.25, -0.2) is 0 Å². The number of rotatable bonds is 2. The zero-order chi connectivity index (χ0) is 14.5. The summed E-state index contributed by atoms with van der Waals surface area (Å²) in [5, 5.41) is 0. The van der Waals surface area contributed by atoms with Gasteiger partial charge in [0.2, 0.25) is 0 Å². The van der Waals surface area contributed by atoms with Crippen LogP contribution in [0.1, 0.15) is 55.4 Å². The van der Waals surface area contributed by atoms with Crippen molar-refractivity contribution in [2.45, 2.75) is 55.4 Å². The molecular weight excluding hydrogens is 466 g/mol. The van der Waals surface area contributed by atoms with E-state index in [4.69, 9.17) is 0 Å². The van der Waals surface area contributed by atoms with E-state index >= 15 is 0 Å².